The van der Waals surface area contributed by atoms with Crippen molar-refractivity contribution in [3.63, 3.8) is 0 Å². The van der Waals surface area contributed by atoms with Crippen LogP contribution in [0.15, 0.2) is 54.6 Å². The zero-order valence-electron chi connectivity index (χ0n) is 14.4. The molecule has 0 spiro atoms. The lowest BCUT2D eigenvalue weighted by Gasteiger charge is -2.20. The fraction of sp³-hybridized carbons (Fsp3) is 0.200. The van der Waals surface area contributed by atoms with Gasteiger partial charge in [0.2, 0.25) is 0 Å². The third kappa shape index (κ3) is 3.95. The molecule has 0 aliphatic carbocycles. The molecule has 26 heavy (non-hydrogen) atoms. The number of amides is 1. The van der Waals surface area contributed by atoms with Crippen molar-refractivity contribution in [1.29, 1.82) is 0 Å². The van der Waals surface area contributed by atoms with Crippen LogP contribution in [0.3, 0.4) is 0 Å². The van der Waals surface area contributed by atoms with Gasteiger partial charge in [0.1, 0.15) is 11.4 Å². The Labute approximate surface area is 156 Å². The number of halogens is 1. The van der Waals surface area contributed by atoms with Gasteiger partial charge in [-0.25, -0.2) is 4.98 Å². The third-order valence-electron chi connectivity index (χ3n) is 4.18. The number of aliphatic hydroxyl groups is 1. The van der Waals surface area contributed by atoms with Crippen LogP contribution in [0.2, 0.25) is 5.02 Å². The van der Waals surface area contributed by atoms with Gasteiger partial charge in [-0.15, -0.1) is 0 Å². The minimum atomic E-state index is -0.847. The first-order valence-corrected chi connectivity index (χ1v) is 8.55. The van der Waals surface area contributed by atoms with Gasteiger partial charge < -0.3 is 15.2 Å². The highest BCUT2D eigenvalue weighted by Crippen LogP contribution is 2.21. The van der Waals surface area contributed by atoms with E-state index in [1.54, 1.807) is 56.5 Å². The normalized spacial score (nSPS) is 13.2. The van der Waals surface area contributed by atoms with E-state index in [-0.39, 0.29) is 11.6 Å². The molecule has 6 heteroatoms. The van der Waals surface area contributed by atoms with Crippen molar-refractivity contribution in [2.24, 2.45) is 0 Å². The van der Waals surface area contributed by atoms with Crippen molar-refractivity contribution in [2.45, 2.75) is 19.1 Å². The summed E-state index contributed by atoms with van der Waals surface area (Å²) >= 11 is 5.98. The zero-order valence-corrected chi connectivity index (χ0v) is 15.2. The van der Waals surface area contributed by atoms with Gasteiger partial charge >= 0.3 is 0 Å². The monoisotopic (exact) mass is 370 g/mol. The van der Waals surface area contributed by atoms with Gasteiger partial charge in [-0.2, -0.15) is 0 Å². The number of hydrogen-bond acceptors (Lipinski definition) is 4. The number of pyridine rings is 1. The van der Waals surface area contributed by atoms with Crippen LogP contribution >= 0.6 is 11.6 Å². The molecular formula is C20H19ClN2O3. The van der Waals surface area contributed by atoms with Gasteiger partial charge in [0.25, 0.3) is 5.91 Å². The summed E-state index contributed by atoms with van der Waals surface area (Å²) in [5.74, 6) is 0.351. The number of aromatic nitrogens is 1. The molecule has 0 saturated heterocycles. The van der Waals surface area contributed by atoms with Crippen LogP contribution in [-0.2, 0) is 0 Å². The molecule has 0 fully saturated rings. The van der Waals surface area contributed by atoms with E-state index in [2.05, 4.69) is 10.3 Å². The Bertz CT molecular complexity index is 928. The third-order valence-corrected chi connectivity index (χ3v) is 4.41. The molecule has 0 aliphatic heterocycles. The van der Waals surface area contributed by atoms with Gasteiger partial charge in [-0.05, 0) is 42.8 Å². The largest absolute Gasteiger partial charge is 0.497 e. The van der Waals surface area contributed by atoms with E-state index in [1.165, 1.54) is 0 Å². The Morgan fingerprint density at radius 2 is 1.85 bits per heavy atom. The number of methoxy groups -OCH3 is 1. The number of aliphatic hydroxyl groups excluding tert-OH is 1. The highest BCUT2D eigenvalue weighted by atomic mass is 35.5. The van der Waals surface area contributed by atoms with Gasteiger partial charge in [-0.3, -0.25) is 4.79 Å². The predicted molar refractivity (Wildman–Crippen MR) is 102 cm³/mol. The van der Waals surface area contributed by atoms with Crippen LogP contribution in [0, 0.1) is 0 Å². The van der Waals surface area contributed by atoms with Gasteiger partial charge in [0.05, 0.1) is 24.8 Å². The molecule has 0 unspecified atom stereocenters. The first-order chi connectivity index (χ1) is 12.5. The fourth-order valence-corrected chi connectivity index (χ4v) is 2.83. The molecule has 2 aromatic carbocycles. The van der Waals surface area contributed by atoms with E-state index in [9.17, 15) is 9.90 Å². The fourth-order valence-electron chi connectivity index (χ4n) is 2.67. The lowest BCUT2D eigenvalue weighted by atomic mass is 10.0. The van der Waals surface area contributed by atoms with Gasteiger partial charge in [0, 0.05) is 10.4 Å². The number of fused-ring (bicyclic) bond motifs is 1. The first kappa shape index (κ1) is 18.2. The number of ether oxygens (including phenoxy) is 1. The van der Waals surface area contributed by atoms with Crippen molar-refractivity contribution < 1.29 is 14.6 Å². The SMILES string of the molecule is COc1ccc([C@H](O)[C@H](C)NC(=O)c2ccc3ccc(Cl)cc3n2)cc1. The summed E-state index contributed by atoms with van der Waals surface area (Å²) in [4.78, 5) is 16.8. The standard InChI is InChI=1S/C20H19ClN2O3/c1-12(19(24)14-4-8-16(26-2)9-5-14)22-20(25)17-10-6-13-3-7-15(21)11-18(13)23-17/h3-12,19,24H,1-2H3,(H,22,25)/t12-,19+/m0/s1. The topological polar surface area (TPSA) is 71.5 Å². The minimum absolute atomic E-state index is 0.272. The second-order valence-electron chi connectivity index (χ2n) is 6.01. The Balaban J connectivity index is 1.73. The molecule has 3 rings (SSSR count). The Morgan fingerprint density at radius 1 is 1.15 bits per heavy atom. The van der Waals surface area contributed by atoms with Crippen molar-refractivity contribution in [3.8, 4) is 5.75 Å². The molecule has 0 bridgehead atoms. The maximum atomic E-state index is 12.5. The van der Waals surface area contributed by atoms with E-state index in [0.29, 0.717) is 21.9 Å². The van der Waals surface area contributed by atoms with E-state index < -0.39 is 12.1 Å². The van der Waals surface area contributed by atoms with Crippen LogP contribution in [0.1, 0.15) is 29.1 Å². The molecule has 5 nitrogen and oxygen atoms in total. The maximum absolute atomic E-state index is 12.5. The first-order valence-electron chi connectivity index (χ1n) is 8.17. The summed E-state index contributed by atoms with van der Waals surface area (Å²) in [6, 6.07) is 15.4. The summed E-state index contributed by atoms with van der Waals surface area (Å²) in [7, 11) is 1.58. The number of nitrogens with one attached hydrogen (secondary N) is 1. The van der Waals surface area contributed by atoms with Crippen LogP contribution in [0.25, 0.3) is 10.9 Å². The Morgan fingerprint density at radius 3 is 2.54 bits per heavy atom. The number of rotatable bonds is 5. The predicted octanol–water partition coefficient (Wildman–Crippen LogP) is 3.75. The molecule has 2 atom stereocenters. The highest BCUT2D eigenvalue weighted by molar-refractivity contribution is 6.31. The van der Waals surface area contributed by atoms with E-state index in [1.807, 2.05) is 12.1 Å². The Hall–Kier alpha value is -2.63. The summed E-state index contributed by atoms with van der Waals surface area (Å²) in [6.45, 7) is 1.74. The van der Waals surface area contributed by atoms with Crippen molar-refractivity contribution >= 4 is 28.4 Å². The average Bonchev–Trinajstić information content (AvgIpc) is 2.66. The van der Waals surface area contributed by atoms with E-state index >= 15 is 0 Å². The van der Waals surface area contributed by atoms with E-state index in [4.69, 9.17) is 16.3 Å². The average molecular weight is 371 g/mol. The quantitative estimate of drug-likeness (QED) is 0.717. The zero-order chi connectivity index (χ0) is 18.7. The minimum Gasteiger partial charge on any atom is -0.497 e. The van der Waals surface area contributed by atoms with Crippen LogP contribution in [0.4, 0.5) is 0 Å². The molecule has 0 saturated carbocycles. The summed E-state index contributed by atoms with van der Waals surface area (Å²) in [5.41, 5.74) is 1.61. The van der Waals surface area contributed by atoms with Crippen LogP contribution in [-0.4, -0.2) is 29.1 Å². The second-order valence-corrected chi connectivity index (χ2v) is 6.45. The number of carbonyl (C=O) groups excluding carboxylic acids is 1. The molecule has 1 amide bonds. The van der Waals surface area contributed by atoms with Crippen molar-refractivity contribution in [2.75, 3.05) is 7.11 Å². The summed E-state index contributed by atoms with van der Waals surface area (Å²) in [6.07, 6.45) is -0.847. The summed E-state index contributed by atoms with van der Waals surface area (Å²) in [5, 5.41) is 14.7. The smallest absolute Gasteiger partial charge is 0.270 e. The van der Waals surface area contributed by atoms with Crippen LogP contribution in [0.5, 0.6) is 5.75 Å². The molecule has 0 aliphatic rings. The number of carbonyl (C=O) groups is 1. The number of hydrogen-bond donors (Lipinski definition) is 2. The molecule has 1 aromatic heterocycles. The van der Waals surface area contributed by atoms with Crippen molar-refractivity contribution in [3.05, 3.63) is 70.9 Å². The molecule has 2 N–H and O–H groups in total. The maximum Gasteiger partial charge on any atom is 0.270 e. The molecular weight excluding hydrogens is 352 g/mol. The molecule has 3 aromatic rings. The second kappa shape index (κ2) is 7.72. The highest BCUT2D eigenvalue weighted by Gasteiger charge is 2.20. The van der Waals surface area contributed by atoms with Gasteiger partial charge in [0.15, 0.2) is 0 Å². The number of benzene rings is 2. The summed E-state index contributed by atoms with van der Waals surface area (Å²) < 4.78 is 5.11. The van der Waals surface area contributed by atoms with E-state index in [0.717, 1.165) is 5.39 Å². The van der Waals surface area contributed by atoms with Gasteiger partial charge in [-0.1, -0.05) is 35.9 Å². The molecule has 0 radical (unpaired) electrons. The lowest BCUT2D eigenvalue weighted by molar-refractivity contribution is 0.0847. The molecule has 1 heterocycles. The number of nitrogens with zero attached hydrogens (tertiary/aromatic N) is 1. The van der Waals surface area contributed by atoms with Crippen molar-refractivity contribution in [1.82, 2.24) is 10.3 Å². The lowest BCUT2D eigenvalue weighted by Crippen LogP contribution is -2.37. The molecule has 134 valence electrons. The Kier molecular flexibility index (Phi) is 5.40. The van der Waals surface area contributed by atoms with Crippen LogP contribution < -0.4 is 10.1 Å².